The van der Waals surface area contributed by atoms with Crippen molar-refractivity contribution in [2.45, 2.75) is 291 Å². The summed E-state index contributed by atoms with van der Waals surface area (Å²) in [7, 11) is 0. The molecule has 0 radical (unpaired) electrons. The lowest BCUT2D eigenvalue weighted by molar-refractivity contribution is -0.379. The summed E-state index contributed by atoms with van der Waals surface area (Å²) in [6.07, 6.45) is 31.1. The van der Waals surface area contributed by atoms with Crippen LogP contribution in [0.2, 0.25) is 0 Å². The zero-order chi connectivity index (χ0) is 61.2. The van der Waals surface area contributed by atoms with E-state index in [0.717, 1.165) is 116 Å². The Morgan fingerprint density at radius 1 is 0.440 bits per heavy atom. The van der Waals surface area contributed by atoms with Gasteiger partial charge in [-0.15, -0.1) is 0 Å². The fraction of sp³-hybridized carbons (Fsp3) is 0.769. The van der Waals surface area contributed by atoms with E-state index >= 15 is 0 Å². The van der Waals surface area contributed by atoms with Gasteiger partial charge in [0.2, 0.25) is 5.91 Å². The SMILES string of the molecule is CC/C=C\C/C=C\C/C=C\C/C=C\C/C=C\C/C=C\C/C=C\CCCCCCCCCC(=O)NC(COC1OC(CO)C(OC2OC(CO)C(OC3OC(CO)C(O)C(O)C3O)C(O)C2O)C(O)C1O)C(O)CCCCCCCCCCCC. The molecule has 84 heavy (non-hydrogen) atoms. The number of rotatable bonds is 46. The highest BCUT2D eigenvalue weighted by atomic mass is 16.8. The average molecular weight is 1190 g/mol. The van der Waals surface area contributed by atoms with Crippen molar-refractivity contribution >= 4 is 5.91 Å². The van der Waals surface area contributed by atoms with Crippen molar-refractivity contribution in [3.63, 3.8) is 0 Å². The third-order valence-electron chi connectivity index (χ3n) is 15.5. The maximum absolute atomic E-state index is 13.3. The number of aliphatic hydroxyl groups is 11. The van der Waals surface area contributed by atoms with Gasteiger partial charge in [-0.25, -0.2) is 0 Å². The van der Waals surface area contributed by atoms with E-state index in [4.69, 9.17) is 28.4 Å². The van der Waals surface area contributed by atoms with Crippen LogP contribution in [0.4, 0.5) is 0 Å². The summed E-state index contributed by atoms with van der Waals surface area (Å²) < 4.78 is 34.3. The van der Waals surface area contributed by atoms with E-state index in [1.807, 2.05) is 0 Å². The number of unbranched alkanes of at least 4 members (excludes halogenated alkanes) is 16. The molecule has 0 saturated carbocycles. The number of ether oxygens (including phenoxy) is 6. The van der Waals surface area contributed by atoms with Crippen LogP contribution in [0.1, 0.15) is 187 Å². The van der Waals surface area contributed by atoms with Gasteiger partial charge in [0.15, 0.2) is 18.9 Å². The Bertz CT molecular complexity index is 1860. The van der Waals surface area contributed by atoms with Crippen molar-refractivity contribution in [2.75, 3.05) is 26.4 Å². The summed E-state index contributed by atoms with van der Waals surface area (Å²) in [4.78, 5) is 13.3. The van der Waals surface area contributed by atoms with Crippen LogP contribution in [0, 0.1) is 0 Å². The third kappa shape index (κ3) is 29.8. The third-order valence-corrected chi connectivity index (χ3v) is 15.5. The molecule has 0 aromatic carbocycles. The molecule has 1 amide bonds. The van der Waals surface area contributed by atoms with Gasteiger partial charge in [-0.1, -0.05) is 195 Å². The Morgan fingerprint density at radius 3 is 1.29 bits per heavy atom. The quantitative estimate of drug-likeness (QED) is 0.0221. The fourth-order valence-electron chi connectivity index (χ4n) is 10.3. The molecule has 484 valence electrons. The van der Waals surface area contributed by atoms with Crippen LogP contribution in [0.25, 0.3) is 0 Å². The molecule has 17 unspecified atom stereocenters. The van der Waals surface area contributed by atoms with E-state index < -0.39 is 124 Å². The van der Waals surface area contributed by atoms with Gasteiger partial charge in [0, 0.05) is 6.42 Å². The lowest BCUT2D eigenvalue weighted by atomic mass is 9.96. The standard InChI is InChI=1S/C65H111NO18/c1-3-5-7-9-11-13-15-16-17-18-19-20-21-22-23-24-25-26-27-28-29-30-31-32-33-35-37-39-41-43-53(71)66-48(49(70)42-40-38-36-34-14-12-10-8-6-4-2)47-79-63-59(77)56(74)61(51(45-68)81-63)84-65-60(78)57(75)62(52(46-69)82-65)83-64-58(76)55(73)54(72)50(44-67)80-64/h5,7,11,13,16-17,19-20,22-23,25-26,28-29,48-52,54-65,67-70,72-78H,3-4,6,8-10,12,14-15,18,21,24,27,30-47H2,1-2H3,(H,66,71)/b7-5-,13-11-,17-16-,20-19-,23-22-,26-25-,29-28-. The largest absolute Gasteiger partial charge is 0.394 e. The molecule has 3 rings (SSSR count). The fourth-order valence-corrected chi connectivity index (χ4v) is 10.3. The van der Waals surface area contributed by atoms with Gasteiger partial charge in [0.25, 0.3) is 0 Å². The number of hydrogen-bond donors (Lipinski definition) is 12. The van der Waals surface area contributed by atoms with Gasteiger partial charge < -0.3 is 89.9 Å². The zero-order valence-corrected chi connectivity index (χ0v) is 50.6. The van der Waals surface area contributed by atoms with Crippen LogP contribution in [0.5, 0.6) is 0 Å². The number of allylic oxidation sites excluding steroid dienone is 14. The number of carbonyl (C=O) groups is 1. The zero-order valence-electron chi connectivity index (χ0n) is 50.6. The van der Waals surface area contributed by atoms with E-state index in [-0.39, 0.29) is 18.9 Å². The summed E-state index contributed by atoms with van der Waals surface area (Å²) in [5, 5.41) is 120. The van der Waals surface area contributed by atoms with Crippen molar-refractivity contribution in [1.29, 1.82) is 0 Å². The van der Waals surface area contributed by atoms with E-state index in [9.17, 15) is 61.0 Å². The summed E-state index contributed by atoms with van der Waals surface area (Å²) >= 11 is 0. The predicted octanol–water partition coefficient (Wildman–Crippen LogP) is 6.76. The van der Waals surface area contributed by atoms with Gasteiger partial charge in [0.1, 0.15) is 73.2 Å². The van der Waals surface area contributed by atoms with Gasteiger partial charge in [-0.2, -0.15) is 0 Å². The molecule has 3 heterocycles. The first-order chi connectivity index (χ1) is 40.8. The molecule has 0 aliphatic carbocycles. The molecule has 0 aromatic rings. The Morgan fingerprint density at radius 2 is 0.821 bits per heavy atom. The highest BCUT2D eigenvalue weighted by Crippen LogP contribution is 2.33. The molecule has 12 N–H and O–H groups in total. The lowest BCUT2D eigenvalue weighted by Gasteiger charge is -2.48. The second-order valence-electron chi connectivity index (χ2n) is 22.5. The molecular formula is C65H111NO18. The Balaban J connectivity index is 1.41. The van der Waals surface area contributed by atoms with Crippen molar-refractivity contribution in [1.82, 2.24) is 5.32 Å². The Hall–Kier alpha value is -3.03. The second kappa shape index (κ2) is 47.0. The minimum atomic E-state index is -1.98. The topological polar surface area (TPSA) is 307 Å². The molecule has 19 nitrogen and oxygen atoms in total. The van der Waals surface area contributed by atoms with E-state index in [2.05, 4.69) is 104 Å². The first-order valence-electron chi connectivity index (χ1n) is 31.8. The van der Waals surface area contributed by atoms with Crippen LogP contribution in [-0.4, -0.2) is 193 Å². The lowest BCUT2D eigenvalue weighted by Crippen LogP contribution is -2.66. The van der Waals surface area contributed by atoms with Crippen molar-refractivity contribution < 1.29 is 89.4 Å². The smallest absolute Gasteiger partial charge is 0.220 e. The van der Waals surface area contributed by atoms with Crippen molar-refractivity contribution in [3.8, 4) is 0 Å². The number of amides is 1. The van der Waals surface area contributed by atoms with E-state index in [1.54, 1.807) is 0 Å². The van der Waals surface area contributed by atoms with Gasteiger partial charge in [-0.3, -0.25) is 4.79 Å². The van der Waals surface area contributed by atoms with Crippen molar-refractivity contribution in [3.05, 3.63) is 85.1 Å². The molecule has 3 fully saturated rings. The van der Waals surface area contributed by atoms with Gasteiger partial charge >= 0.3 is 0 Å². The molecule has 3 saturated heterocycles. The second-order valence-corrected chi connectivity index (χ2v) is 22.5. The number of hydrogen-bond acceptors (Lipinski definition) is 18. The van der Waals surface area contributed by atoms with Crippen LogP contribution in [0.3, 0.4) is 0 Å². The number of nitrogens with one attached hydrogen (secondary N) is 1. The molecule has 0 bridgehead atoms. The molecule has 19 heteroatoms. The highest BCUT2D eigenvalue weighted by molar-refractivity contribution is 5.76. The average Bonchev–Trinajstić information content (AvgIpc) is 2.80. The predicted molar refractivity (Wildman–Crippen MR) is 323 cm³/mol. The summed E-state index contributed by atoms with van der Waals surface area (Å²) in [6.45, 7) is 1.62. The van der Waals surface area contributed by atoms with Crippen LogP contribution >= 0.6 is 0 Å². The molecule has 0 spiro atoms. The Kier molecular flexibility index (Phi) is 42.1. The molecule has 0 aromatic heterocycles. The molecular weight excluding hydrogens is 1080 g/mol. The molecule has 3 aliphatic heterocycles. The first-order valence-corrected chi connectivity index (χ1v) is 31.8. The Labute approximate surface area is 501 Å². The summed E-state index contributed by atoms with van der Waals surface area (Å²) in [5.74, 6) is -0.261. The summed E-state index contributed by atoms with van der Waals surface area (Å²) in [5.41, 5.74) is 0. The normalized spacial score (nSPS) is 29.8. The maximum atomic E-state index is 13.3. The minimum absolute atomic E-state index is 0.247. The van der Waals surface area contributed by atoms with Crippen LogP contribution in [-0.2, 0) is 33.2 Å². The monoisotopic (exact) mass is 1190 g/mol. The van der Waals surface area contributed by atoms with E-state index in [1.165, 1.54) is 38.5 Å². The number of aliphatic hydroxyl groups excluding tert-OH is 11. The van der Waals surface area contributed by atoms with E-state index in [0.29, 0.717) is 12.8 Å². The summed E-state index contributed by atoms with van der Waals surface area (Å²) in [6, 6.07) is -0.897. The molecule has 17 atom stereocenters. The van der Waals surface area contributed by atoms with Gasteiger partial charge in [0.05, 0.1) is 38.6 Å². The van der Waals surface area contributed by atoms with Crippen LogP contribution < -0.4 is 5.32 Å². The minimum Gasteiger partial charge on any atom is -0.394 e. The first kappa shape index (κ1) is 75.2. The van der Waals surface area contributed by atoms with Crippen molar-refractivity contribution in [2.24, 2.45) is 0 Å². The number of carbonyl (C=O) groups excluding carboxylic acids is 1. The molecule has 3 aliphatic rings. The van der Waals surface area contributed by atoms with Gasteiger partial charge in [-0.05, 0) is 70.6 Å². The maximum Gasteiger partial charge on any atom is 0.220 e. The highest BCUT2D eigenvalue weighted by Gasteiger charge is 2.53. The van der Waals surface area contributed by atoms with Crippen LogP contribution in [0.15, 0.2) is 85.1 Å².